The standard InChI is InChI=1S/C18H16N2O3/c1-11-6-7-17(21)16(8-11)20-15-9-12(10-18(22)23)19-14-5-3-2-4-13(14)15/h2-9,21H,10H2,1H3,(H,19,20)(H,22,23). The molecule has 0 aliphatic rings. The Morgan fingerprint density at radius 1 is 1.13 bits per heavy atom. The van der Waals surface area contributed by atoms with Crippen LogP contribution in [0.2, 0.25) is 0 Å². The number of aromatic hydroxyl groups is 1. The first-order chi connectivity index (χ1) is 11.0. The van der Waals surface area contributed by atoms with Gasteiger partial charge in [-0.25, -0.2) is 0 Å². The molecule has 0 saturated heterocycles. The zero-order valence-corrected chi connectivity index (χ0v) is 12.6. The lowest BCUT2D eigenvalue weighted by atomic mass is 10.1. The van der Waals surface area contributed by atoms with Crippen LogP contribution >= 0.6 is 0 Å². The molecule has 5 nitrogen and oxygen atoms in total. The fourth-order valence-corrected chi connectivity index (χ4v) is 2.47. The fourth-order valence-electron chi connectivity index (χ4n) is 2.47. The van der Waals surface area contributed by atoms with Gasteiger partial charge in [-0.1, -0.05) is 24.3 Å². The summed E-state index contributed by atoms with van der Waals surface area (Å²) < 4.78 is 0. The maximum atomic E-state index is 11.0. The van der Waals surface area contributed by atoms with Crippen molar-refractivity contribution < 1.29 is 15.0 Å². The van der Waals surface area contributed by atoms with Gasteiger partial charge >= 0.3 is 5.97 Å². The van der Waals surface area contributed by atoms with Crippen molar-refractivity contribution in [1.29, 1.82) is 0 Å². The molecule has 0 bridgehead atoms. The monoisotopic (exact) mass is 308 g/mol. The second-order valence-corrected chi connectivity index (χ2v) is 5.39. The molecule has 0 atom stereocenters. The number of hydrogen-bond donors (Lipinski definition) is 3. The van der Waals surface area contributed by atoms with Crippen molar-refractivity contribution >= 4 is 28.2 Å². The molecule has 5 heteroatoms. The third-order valence-corrected chi connectivity index (χ3v) is 3.52. The van der Waals surface area contributed by atoms with Gasteiger partial charge in [0.1, 0.15) is 5.75 Å². The van der Waals surface area contributed by atoms with Gasteiger partial charge in [-0.2, -0.15) is 0 Å². The van der Waals surface area contributed by atoms with E-state index in [4.69, 9.17) is 5.11 Å². The Hall–Kier alpha value is -3.08. The smallest absolute Gasteiger partial charge is 0.309 e. The fraction of sp³-hybridized carbons (Fsp3) is 0.111. The van der Waals surface area contributed by atoms with E-state index in [-0.39, 0.29) is 12.2 Å². The van der Waals surface area contributed by atoms with E-state index >= 15 is 0 Å². The van der Waals surface area contributed by atoms with E-state index < -0.39 is 5.97 Å². The topological polar surface area (TPSA) is 82.5 Å². The second-order valence-electron chi connectivity index (χ2n) is 5.39. The quantitative estimate of drug-likeness (QED) is 0.641. The molecule has 0 aliphatic heterocycles. The zero-order valence-electron chi connectivity index (χ0n) is 12.6. The average Bonchev–Trinajstić information content (AvgIpc) is 2.50. The van der Waals surface area contributed by atoms with Crippen molar-refractivity contribution in [3.63, 3.8) is 0 Å². The Bertz CT molecular complexity index is 891. The summed E-state index contributed by atoms with van der Waals surface area (Å²) in [7, 11) is 0. The predicted molar refractivity (Wildman–Crippen MR) is 89.2 cm³/mol. The van der Waals surface area contributed by atoms with Crippen LogP contribution in [0.25, 0.3) is 10.9 Å². The molecule has 3 N–H and O–H groups in total. The van der Waals surface area contributed by atoms with Crippen LogP contribution in [0.15, 0.2) is 48.5 Å². The van der Waals surface area contributed by atoms with Crippen molar-refractivity contribution in [2.45, 2.75) is 13.3 Å². The van der Waals surface area contributed by atoms with Gasteiger partial charge in [-0.3, -0.25) is 9.78 Å². The number of fused-ring (bicyclic) bond motifs is 1. The van der Waals surface area contributed by atoms with Crippen molar-refractivity contribution in [1.82, 2.24) is 4.98 Å². The summed E-state index contributed by atoms with van der Waals surface area (Å²) in [5, 5.41) is 23.1. The number of aliphatic carboxylic acids is 1. The number of nitrogens with zero attached hydrogens (tertiary/aromatic N) is 1. The Balaban J connectivity index is 2.11. The van der Waals surface area contributed by atoms with Crippen LogP contribution in [0.1, 0.15) is 11.3 Å². The van der Waals surface area contributed by atoms with E-state index in [0.717, 1.165) is 10.9 Å². The zero-order chi connectivity index (χ0) is 16.4. The lowest BCUT2D eigenvalue weighted by Crippen LogP contribution is -2.04. The van der Waals surface area contributed by atoms with Crippen molar-refractivity contribution in [2.75, 3.05) is 5.32 Å². The van der Waals surface area contributed by atoms with Crippen LogP contribution in [0.3, 0.4) is 0 Å². The third-order valence-electron chi connectivity index (χ3n) is 3.52. The number of pyridine rings is 1. The van der Waals surface area contributed by atoms with Crippen LogP contribution in [0.4, 0.5) is 11.4 Å². The molecule has 0 unspecified atom stereocenters. The van der Waals surface area contributed by atoms with Gasteiger partial charge in [0.25, 0.3) is 0 Å². The van der Waals surface area contributed by atoms with E-state index in [0.29, 0.717) is 22.6 Å². The average molecular weight is 308 g/mol. The van der Waals surface area contributed by atoms with Gasteiger partial charge in [0.15, 0.2) is 0 Å². The Labute approximate surface area is 133 Å². The Morgan fingerprint density at radius 3 is 2.70 bits per heavy atom. The maximum Gasteiger partial charge on any atom is 0.309 e. The number of carboxylic acid groups (broad SMARTS) is 1. The number of carboxylic acids is 1. The third kappa shape index (κ3) is 3.23. The van der Waals surface area contributed by atoms with E-state index in [1.54, 1.807) is 12.1 Å². The minimum absolute atomic E-state index is 0.135. The number of phenolic OH excluding ortho intramolecular Hbond substituents is 1. The molecule has 3 rings (SSSR count). The summed E-state index contributed by atoms with van der Waals surface area (Å²) in [6, 6.07) is 14.5. The molecule has 0 radical (unpaired) electrons. The van der Waals surface area contributed by atoms with Crippen molar-refractivity contribution in [2.24, 2.45) is 0 Å². The van der Waals surface area contributed by atoms with Gasteiger partial charge in [-0.05, 0) is 36.8 Å². The first-order valence-corrected chi connectivity index (χ1v) is 7.20. The highest BCUT2D eigenvalue weighted by Gasteiger charge is 2.10. The van der Waals surface area contributed by atoms with Gasteiger partial charge < -0.3 is 15.5 Å². The van der Waals surface area contributed by atoms with E-state index in [1.807, 2.05) is 43.3 Å². The van der Waals surface area contributed by atoms with Gasteiger partial charge in [0.05, 0.1) is 23.3 Å². The molecule has 3 aromatic rings. The second kappa shape index (κ2) is 5.96. The van der Waals surface area contributed by atoms with Crippen LogP contribution in [0, 0.1) is 6.92 Å². The molecule has 23 heavy (non-hydrogen) atoms. The molecule has 0 spiro atoms. The number of rotatable bonds is 4. The molecule has 0 saturated carbocycles. The van der Waals surface area contributed by atoms with Gasteiger partial charge in [0, 0.05) is 11.1 Å². The van der Waals surface area contributed by atoms with Crippen LogP contribution < -0.4 is 5.32 Å². The summed E-state index contributed by atoms with van der Waals surface area (Å²) in [6.07, 6.45) is -0.153. The summed E-state index contributed by atoms with van der Waals surface area (Å²) in [4.78, 5) is 15.3. The number of aryl methyl sites for hydroxylation is 1. The molecule has 0 aliphatic carbocycles. The van der Waals surface area contributed by atoms with Crippen molar-refractivity contribution in [3.8, 4) is 5.75 Å². The number of carbonyl (C=O) groups is 1. The Morgan fingerprint density at radius 2 is 1.91 bits per heavy atom. The minimum atomic E-state index is -0.933. The number of hydrogen-bond acceptors (Lipinski definition) is 4. The molecule has 0 fully saturated rings. The van der Waals surface area contributed by atoms with Gasteiger partial charge in [-0.15, -0.1) is 0 Å². The van der Waals surface area contributed by atoms with E-state index in [9.17, 15) is 9.90 Å². The van der Waals surface area contributed by atoms with Crippen LogP contribution in [-0.2, 0) is 11.2 Å². The van der Waals surface area contributed by atoms with E-state index in [1.165, 1.54) is 0 Å². The number of benzene rings is 2. The van der Waals surface area contributed by atoms with E-state index in [2.05, 4.69) is 10.3 Å². The Kier molecular flexibility index (Phi) is 3.85. The molecule has 2 aromatic carbocycles. The SMILES string of the molecule is Cc1ccc(O)c(Nc2cc(CC(=O)O)nc3ccccc23)c1. The summed E-state index contributed by atoms with van der Waals surface area (Å²) in [5.41, 5.74) is 3.47. The van der Waals surface area contributed by atoms with Crippen molar-refractivity contribution in [3.05, 3.63) is 59.8 Å². The largest absolute Gasteiger partial charge is 0.506 e. The summed E-state index contributed by atoms with van der Waals surface area (Å²) in [5.74, 6) is -0.798. The molecule has 1 heterocycles. The highest BCUT2D eigenvalue weighted by Crippen LogP contribution is 2.31. The summed E-state index contributed by atoms with van der Waals surface area (Å²) >= 11 is 0. The first-order valence-electron chi connectivity index (χ1n) is 7.20. The normalized spacial score (nSPS) is 10.7. The number of aromatic nitrogens is 1. The molecule has 0 amide bonds. The summed E-state index contributed by atoms with van der Waals surface area (Å²) in [6.45, 7) is 1.94. The lowest BCUT2D eigenvalue weighted by molar-refractivity contribution is -0.136. The number of phenols is 1. The molecule has 116 valence electrons. The predicted octanol–water partition coefficient (Wildman–Crippen LogP) is 3.62. The maximum absolute atomic E-state index is 11.0. The minimum Gasteiger partial charge on any atom is -0.506 e. The van der Waals surface area contributed by atoms with Crippen LogP contribution in [-0.4, -0.2) is 21.2 Å². The highest BCUT2D eigenvalue weighted by atomic mass is 16.4. The lowest BCUT2D eigenvalue weighted by Gasteiger charge is -2.13. The van der Waals surface area contributed by atoms with Crippen LogP contribution in [0.5, 0.6) is 5.75 Å². The van der Waals surface area contributed by atoms with Gasteiger partial charge in [0.2, 0.25) is 0 Å². The highest BCUT2D eigenvalue weighted by molar-refractivity contribution is 5.94. The number of nitrogens with one attached hydrogen (secondary N) is 1. The molecular weight excluding hydrogens is 292 g/mol. The first kappa shape index (κ1) is 14.8. The molecule has 1 aromatic heterocycles. The number of para-hydroxylation sites is 1. The molecular formula is C18H16N2O3. The number of anilines is 2.